The summed E-state index contributed by atoms with van der Waals surface area (Å²) in [6.45, 7) is 1.57. The summed E-state index contributed by atoms with van der Waals surface area (Å²) < 4.78 is 5.63. The first-order chi connectivity index (χ1) is 8.78. The Bertz CT molecular complexity index is 499. The lowest BCUT2D eigenvalue weighted by Gasteiger charge is -2.05. The monoisotopic (exact) mass is 262 g/mol. The Labute approximate surface area is 112 Å². The van der Waals surface area contributed by atoms with Gasteiger partial charge >= 0.3 is 0 Å². The maximum atomic E-state index is 5.82. The van der Waals surface area contributed by atoms with Gasteiger partial charge in [0.15, 0.2) is 0 Å². The molecule has 0 saturated heterocycles. The Morgan fingerprint density at radius 2 is 1.78 bits per heavy atom. The molecule has 18 heavy (non-hydrogen) atoms. The number of rotatable bonds is 5. The summed E-state index contributed by atoms with van der Waals surface area (Å²) in [7, 11) is 0. The van der Waals surface area contributed by atoms with Gasteiger partial charge in [0.1, 0.15) is 0 Å². The van der Waals surface area contributed by atoms with Crippen LogP contribution < -0.4 is 5.73 Å². The Morgan fingerprint density at radius 3 is 2.50 bits per heavy atom. The van der Waals surface area contributed by atoms with E-state index in [9.17, 15) is 0 Å². The predicted molar refractivity (Wildman–Crippen MR) is 72.1 cm³/mol. The third-order valence-corrected chi connectivity index (χ3v) is 2.79. The molecule has 2 N–H and O–H groups in total. The Kier molecular flexibility index (Phi) is 4.70. The number of aromatic nitrogens is 1. The standard InChI is InChI=1S/C14H15ClN2O/c15-13-3-1-11(2-4-13)9-18-10-12-5-6-17-14(7-12)8-16/h1-7H,8-10,16H2. The summed E-state index contributed by atoms with van der Waals surface area (Å²) in [5.74, 6) is 0. The Balaban J connectivity index is 1.86. The van der Waals surface area contributed by atoms with Gasteiger partial charge in [-0.15, -0.1) is 0 Å². The van der Waals surface area contributed by atoms with Crippen LogP contribution in [0.3, 0.4) is 0 Å². The van der Waals surface area contributed by atoms with Crippen LogP contribution in [0.25, 0.3) is 0 Å². The molecule has 0 aliphatic carbocycles. The summed E-state index contributed by atoms with van der Waals surface area (Å²) in [6.07, 6.45) is 1.75. The van der Waals surface area contributed by atoms with Crippen molar-refractivity contribution in [3.05, 3.63) is 64.4 Å². The molecule has 1 aromatic heterocycles. The van der Waals surface area contributed by atoms with E-state index in [1.165, 1.54) is 0 Å². The molecular weight excluding hydrogens is 248 g/mol. The molecule has 0 atom stereocenters. The van der Waals surface area contributed by atoms with Gasteiger partial charge in [0.2, 0.25) is 0 Å². The Morgan fingerprint density at radius 1 is 1.06 bits per heavy atom. The van der Waals surface area contributed by atoms with E-state index in [1.54, 1.807) is 6.20 Å². The topological polar surface area (TPSA) is 48.1 Å². The van der Waals surface area contributed by atoms with Crippen molar-refractivity contribution >= 4 is 11.6 Å². The summed E-state index contributed by atoms with van der Waals surface area (Å²) in [5, 5.41) is 0.737. The number of hydrogen-bond acceptors (Lipinski definition) is 3. The van der Waals surface area contributed by atoms with Crippen molar-refractivity contribution in [2.24, 2.45) is 5.73 Å². The van der Waals surface area contributed by atoms with Crippen LogP contribution in [0.1, 0.15) is 16.8 Å². The zero-order chi connectivity index (χ0) is 12.8. The molecule has 0 unspecified atom stereocenters. The van der Waals surface area contributed by atoms with E-state index in [1.807, 2.05) is 36.4 Å². The van der Waals surface area contributed by atoms with E-state index in [0.717, 1.165) is 21.8 Å². The lowest BCUT2D eigenvalue weighted by molar-refractivity contribution is 0.107. The van der Waals surface area contributed by atoms with Gasteiger partial charge in [0, 0.05) is 17.8 Å². The number of pyridine rings is 1. The molecular formula is C14H15ClN2O. The maximum Gasteiger partial charge on any atom is 0.0722 e. The van der Waals surface area contributed by atoms with Gasteiger partial charge in [-0.2, -0.15) is 0 Å². The van der Waals surface area contributed by atoms with Gasteiger partial charge in [-0.1, -0.05) is 23.7 Å². The average Bonchev–Trinajstić information content (AvgIpc) is 2.41. The van der Waals surface area contributed by atoms with Crippen molar-refractivity contribution in [2.45, 2.75) is 19.8 Å². The molecule has 0 saturated carbocycles. The molecule has 4 heteroatoms. The van der Waals surface area contributed by atoms with Gasteiger partial charge < -0.3 is 10.5 Å². The number of benzene rings is 1. The van der Waals surface area contributed by atoms with Crippen molar-refractivity contribution < 1.29 is 4.74 Å². The first-order valence-corrected chi connectivity index (χ1v) is 6.12. The molecule has 0 aliphatic rings. The fourth-order valence-electron chi connectivity index (χ4n) is 1.60. The minimum absolute atomic E-state index is 0.449. The highest BCUT2D eigenvalue weighted by Crippen LogP contribution is 2.11. The van der Waals surface area contributed by atoms with E-state index < -0.39 is 0 Å². The van der Waals surface area contributed by atoms with Crippen LogP contribution >= 0.6 is 11.6 Å². The molecule has 94 valence electrons. The lowest BCUT2D eigenvalue weighted by atomic mass is 10.2. The number of nitrogens with two attached hydrogens (primary N) is 1. The largest absolute Gasteiger partial charge is 0.372 e. The van der Waals surface area contributed by atoms with Crippen LogP contribution in [-0.2, 0) is 24.5 Å². The highest BCUT2D eigenvalue weighted by Gasteiger charge is 1.98. The summed E-state index contributed by atoms with van der Waals surface area (Å²) in [4.78, 5) is 4.14. The second-order valence-electron chi connectivity index (χ2n) is 3.98. The molecule has 2 rings (SSSR count). The molecule has 1 aromatic carbocycles. The Hall–Kier alpha value is -1.42. The molecule has 0 radical (unpaired) electrons. The fraction of sp³-hybridized carbons (Fsp3) is 0.214. The van der Waals surface area contributed by atoms with Gasteiger partial charge in [0.25, 0.3) is 0 Å². The smallest absolute Gasteiger partial charge is 0.0722 e. The van der Waals surface area contributed by atoms with Crippen molar-refractivity contribution in [1.82, 2.24) is 4.98 Å². The van der Waals surface area contributed by atoms with Gasteiger partial charge in [-0.25, -0.2) is 0 Å². The number of hydrogen-bond donors (Lipinski definition) is 1. The number of halogens is 1. The second-order valence-corrected chi connectivity index (χ2v) is 4.42. The lowest BCUT2D eigenvalue weighted by Crippen LogP contribution is -2.01. The summed E-state index contributed by atoms with van der Waals surface area (Å²) in [5.41, 5.74) is 8.60. The van der Waals surface area contributed by atoms with E-state index in [0.29, 0.717) is 19.8 Å². The van der Waals surface area contributed by atoms with Gasteiger partial charge in [-0.05, 0) is 35.4 Å². The minimum atomic E-state index is 0.449. The highest BCUT2D eigenvalue weighted by atomic mass is 35.5. The zero-order valence-corrected chi connectivity index (χ0v) is 10.7. The SMILES string of the molecule is NCc1cc(COCc2ccc(Cl)cc2)ccn1. The van der Waals surface area contributed by atoms with E-state index in [-0.39, 0.29) is 0 Å². The quantitative estimate of drug-likeness (QED) is 0.901. The van der Waals surface area contributed by atoms with Crippen molar-refractivity contribution in [3.8, 4) is 0 Å². The van der Waals surface area contributed by atoms with E-state index in [2.05, 4.69) is 4.98 Å². The zero-order valence-electron chi connectivity index (χ0n) is 9.97. The van der Waals surface area contributed by atoms with E-state index >= 15 is 0 Å². The van der Waals surface area contributed by atoms with Crippen molar-refractivity contribution in [1.29, 1.82) is 0 Å². The van der Waals surface area contributed by atoms with Gasteiger partial charge in [0.05, 0.1) is 18.9 Å². The average molecular weight is 263 g/mol. The van der Waals surface area contributed by atoms with Crippen molar-refractivity contribution in [3.63, 3.8) is 0 Å². The van der Waals surface area contributed by atoms with E-state index in [4.69, 9.17) is 22.1 Å². The molecule has 0 fully saturated rings. The van der Waals surface area contributed by atoms with Crippen LogP contribution in [0.15, 0.2) is 42.6 Å². The normalized spacial score (nSPS) is 10.6. The summed E-state index contributed by atoms with van der Waals surface area (Å²) in [6, 6.07) is 11.5. The molecule has 0 spiro atoms. The first kappa shape index (κ1) is 13.0. The summed E-state index contributed by atoms with van der Waals surface area (Å²) >= 11 is 5.82. The van der Waals surface area contributed by atoms with Crippen LogP contribution in [-0.4, -0.2) is 4.98 Å². The molecule has 1 heterocycles. The fourth-order valence-corrected chi connectivity index (χ4v) is 1.72. The third-order valence-electron chi connectivity index (χ3n) is 2.54. The molecule has 0 bridgehead atoms. The second kappa shape index (κ2) is 6.50. The molecule has 2 aromatic rings. The number of ether oxygens (including phenoxy) is 1. The molecule has 3 nitrogen and oxygen atoms in total. The molecule has 0 aliphatic heterocycles. The van der Waals surface area contributed by atoms with Gasteiger partial charge in [-0.3, -0.25) is 4.98 Å². The molecule has 0 amide bonds. The maximum absolute atomic E-state index is 5.82. The minimum Gasteiger partial charge on any atom is -0.372 e. The first-order valence-electron chi connectivity index (χ1n) is 5.74. The number of nitrogens with zero attached hydrogens (tertiary/aromatic N) is 1. The van der Waals surface area contributed by atoms with Crippen LogP contribution in [0, 0.1) is 0 Å². The van der Waals surface area contributed by atoms with Crippen LogP contribution in [0.4, 0.5) is 0 Å². The van der Waals surface area contributed by atoms with Crippen molar-refractivity contribution in [2.75, 3.05) is 0 Å². The predicted octanol–water partition coefficient (Wildman–Crippen LogP) is 2.91. The highest BCUT2D eigenvalue weighted by molar-refractivity contribution is 6.30. The van der Waals surface area contributed by atoms with Crippen LogP contribution in [0.2, 0.25) is 5.02 Å². The third kappa shape index (κ3) is 3.81. The van der Waals surface area contributed by atoms with Crippen LogP contribution in [0.5, 0.6) is 0 Å².